The molecule has 6 amide bonds. The number of hydrogen-bond donors (Lipinski definition) is 2. The first-order valence-corrected chi connectivity index (χ1v) is 8.04. The number of imide groups is 2. The Morgan fingerprint density at radius 2 is 1.58 bits per heavy atom. The van der Waals surface area contributed by atoms with Crippen molar-refractivity contribution in [2.75, 3.05) is 25.5 Å². The predicted octanol–water partition coefficient (Wildman–Crippen LogP) is 0.431. The van der Waals surface area contributed by atoms with Crippen LogP contribution in [0.4, 0.5) is 10.5 Å². The van der Waals surface area contributed by atoms with Gasteiger partial charge in [-0.2, -0.15) is 0 Å². The average molecular weight is 360 g/mol. The lowest BCUT2D eigenvalue weighted by Crippen LogP contribution is -2.39. The fraction of sp³-hybridized carbons (Fsp3) is 0.353. The highest BCUT2D eigenvalue weighted by molar-refractivity contribution is 6.45. The molecule has 1 aromatic carbocycles. The van der Waals surface area contributed by atoms with E-state index in [1.165, 1.54) is 31.3 Å². The van der Waals surface area contributed by atoms with Gasteiger partial charge in [0.15, 0.2) is 0 Å². The van der Waals surface area contributed by atoms with Gasteiger partial charge in [-0.3, -0.25) is 24.1 Å². The van der Waals surface area contributed by atoms with Gasteiger partial charge in [0.2, 0.25) is 5.91 Å². The summed E-state index contributed by atoms with van der Waals surface area (Å²) in [5, 5.41) is 4.99. The maximum atomic E-state index is 12.2. The van der Waals surface area contributed by atoms with Gasteiger partial charge in [-0.15, -0.1) is 0 Å². The lowest BCUT2D eigenvalue weighted by Gasteiger charge is -2.16. The highest BCUT2D eigenvalue weighted by Gasteiger charge is 2.45. The van der Waals surface area contributed by atoms with E-state index in [1.807, 2.05) is 13.8 Å². The van der Waals surface area contributed by atoms with Crippen LogP contribution in [0.3, 0.4) is 0 Å². The number of carbonyl (C=O) groups is 5. The number of urea groups is 1. The second kappa shape index (κ2) is 7.77. The Bertz CT molecular complexity index is 757. The molecule has 1 fully saturated rings. The molecule has 2 N–H and O–H groups in total. The minimum absolute atomic E-state index is 0.00307. The van der Waals surface area contributed by atoms with Crippen molar-refractivity contribution in [1.82, 2.24) is 15.1 Å². The van der Waals surface area contributed by atoms with Crippen LogP contribution in [0.15, 0.2) is 24.3 Å². The van der Waals surface area contributed by atoms with Crippen molar-refractivity contribution >= 4 is 35.3 Å². The molecule has 9 heteroatoms. The van der Waals surface area contributed by atoms with Crippen LogP contribution in [0, 0.1) is 5.92 Å². The molecule has 2 rings (SSSR count). The van der Waals surface area contributed by atoms with Gasteiger partial charge >= 0.3 is 17.8 Å². The SMILES string of the molecule is CNC(=O)c1ccc(NC(=O)CN2C(=O)C(=O)N(CC(C)C)C2=O)cc1. The Hall–Kier alpha value is -3.23. The van der Waals surface area contributed by atoms with Crippen molar-refractivity contribution in [3.05, 3.63) is 29.8 Å². The summed E-state index contributed by atoms with van der Waals surface area (Å²) in [6, 6.07) is 5.29. The summed E-state index contributed by atoms with van der Waals surface area (Å²) in [4.78, 5) is 61.0. The summed E-state index contributed by atoms with van der Waals surface area (Å²) < 4.78 is 0. The molecule has 138 valence electrons. The molecule has 26 heavy (non-hydrogen) atoms. The summed E-state index contributed by atoms with van der Waals surface area (Å²) in [6.45, 7) is 3.17. The monoisotopic (exact) mass is 360 g/mol. The molecule has 0 atom stereocenters. The molecule has 0 aliphatic carbocycles. The normalized spacial score (nSPS) is 14.2. The topological polar surface area (TPSA) is 116 Å². The molecule has 0 saturated carbocycles. The number of rotatable bonds is 6. The molecule has 9 nitrogen and oxygen atoms in total. The smallest absolute Gasteiger partial charge is 0.334 e. The van der Waals surface area contributed by atoms with Gasteiger partial charge in [0.05, 0.1) is 0 Å². The molecule has 1 saturated heterocycles. The Morgan fingerprint density at radius 1 is 1.00 bits per heavy atom. The third kappa shape index (κ3) is 4.05. The Balaban J connectivity index is 2.01. The Kier molecular flexibility index (Phi) is 5.71. The third-order valence-electron chi connectivity index (χ3n) is 3.64. The summed E-state index contributed by atoms with van der Waals surface area (Å²) >= 11 is 0. The zero-order valence-electron chi connectivity index (χ0n) is 14.7. The molecule has 0 radical (unpaired) electrons. The van der Waals surface area contributed by atoms with E-state index in [4.69, 9.17) is 0 Å². The lowest BCUT2D eigenvalue weighted by molar-refractivity contribution is -0.143. The van der Waals surface area contributed by atoms with E-state index in [0.29, 0.717) is 16.2 Å². The van der Waals surface area contributed by atoms with Gasteiger partial charge in [0.25, 0.3) is 5.91 Å². The average Bonchev–Trinajstić information content (AvgIpc) is 2.79. The fourth-order valence-corrected chi connectivity index (χ4v) is 2.41. The van der Waals surface area contributed by atoms with Crippen LogP contribution in [0.2, 0.25) is 0 Å². The number of hydrogen-bond acceptors (Lipinski definition) is 5. The standard InChI is InChI=1S/C17H20N4O5/c1-10(2)8-20-15(24)16(25)21(17(20)26)9-13(22)19-12-6-4-11(5-7-12)14(23)18-3/h4-7,10H,8-9H2,1-3H3,(H,18,23)(H,19,22). The largest absolute Gasteiger partial charge is 0.355 e. The lowest BCUT2D eigenvalue weighted by atomic mass is 10.2. The minimum Gasteiger partial charge on any atom is -0.355 e. The van der Waals surface area contributed by atoms with Crippen LogP contribution in [0.25, 0.3) is 0 Å². The number of nitrogens with one attached hydrogen (secondary N) is 2. The van der Waals surface area contributed by atoms with E-state index < -0.39 is 30.3 Å². The molecule has 0 unspecified atom stereocenters. The summed E-state index contributed by atoms with van der Waals surface area (Å²) in [6.07, 6.45) is 0. The minimum atomic E-state index is -1.01. The Morgan fingerprint density at radius 3 is 2.12 bits per heavy atom. The second-order valence-corrected chi connectivity index (χ2v) is 6.19. The molecule has 0 bridgehead atoms. The number of benzene rings is 1. The van der Waals surface area contributed by atoms with Gasteiger partial charge in [0, 0.05) is 24.8 Å². The number of carbonyl (C=O) groups excluding carboxylic acids is 5. The van der Waals surface area contributed by atoms with Crippen LogP contribution in [-0.2, 0) is 14.4 Å². The molecular weight excluding hydrogens is 340 g/mol. The van der Waals surface area contributed by atoms with Crippen LogP contribution < -0.4 is 10.6 Å². The van der Waals surface area contributed by atoms with Crippen LogP contribution >= 0.6 is 0 Å². The molecule has 1 aromatic rings. The molecule has 1 aliphatic rings. The zero-order chi connectivity index (χ0) is 19.4. The fourth-order valence-electron chi connectivity index (χ4n) is 2.41. The molecule has 1 heterocycles. The van der Waals surface area contributed by atoms with Crippen LogP contribution in [0.1, 0.15) is 24.2 Å². The summed E-state index contributed by atoms with van der Waals surface area (Å²) in [5.74, 6) is -2.83. The number of amides is 6. The Labute approximate surface area is 150 Å². The van der Waals surface area contributed by atoms with Gasteiger partial charge < -0.3 is 10.6 Å². The molecule has 0 spiro atoms. The maximum absolute atomic E-state index is 12.2. The van der Waals surface area contributed by atoms with E-state index in [2.05, 4.69) is 10.6 Å². The quantitative estimate of drug-likeness (QED) is 0.564. The van der Waals surface area contributed by atoms with Crippen LogP contribution in [0.5, 0.6) is 0 Å². The first kappa shape index (κ1) is 19.1. The number of nitrogens with zero attached hydrogens (tertiary/aromatic N) is 2. The third-order valence-corrected chi connectivity index (χ3v) is 3.64. The zero-order valence-corrected chi connectivity index (χ0v) is 14.7. The maximum Gasteiger partial charge on any atom is 0.334 e. The van der Waals surface area contributed by atoms with Crippen molar-refractivity contribution in [2.45, 2.75) is 13.8 Å². The van der Waals surface area contributed by atoms with Gasteiger partial charge in [-0.1, -0.05) is 13.8 Å². The van der Waals surface area contributed by atoms with Crippen molar-refractivity contribution < 1.29 is 24.0 Å². The molecular formula is C17H20N4O5. The highest BCUT2D eigenvalue weighted by Crippen LogP contribution is 2.15. The van der Waals surface area contributed by atoms with Crippen molar-refractivity contribution in [3.8, 4) is 0 Å². The van der Waals surface area contributed by atoms with E-state index in [0.717, 1.165) is 4.90 Å². The highest BCUT2D eigenvalue weighted by atomic mass is 16.2. The summed E-state index contributed by atoms with van der Waals surface area (Å²) in [7, 11) is 1.51. The molecule has 1 aliphatic heterocycles. The second-order valence-electron chi connectivity index (χ2n) is 6.19. The van der Waals surface area contributed by atoms with E-state index in [-0.39, 0.29) is 18.4 Å². The predicted molar refractivity (Wildman–Crippen MR) is 92.1 cm³/mol. The van der Waals surface area contributed by atoms with Crippen molar-refractivity contribution in [2.24, 2.45) is 5.92 Å². The summed E-state index contributed by atoms with van der Waals surface area (Å²) in [5.41, 5.74) is 0.817. The molecule has 0 aromatic heterocycles. The van der Waals surface area contributed by atoms with Gasteiger partial charge in [0.1, 0.15) is 6.54 Å². The van der Waals surface area contributed by atoms with Crippen molar-refractivity contribution in [3.63, 3.8) is 0 Å². The number of anilines is 1. The van der Waals surface area contributed by atoms with Crippen LogP contribution in [-0.4, -0.2) is 59.6 Å². The van der Waals surface area contributed by atoms with E-state index >= 15 is 0 Å². The first-order chi connectivity index (χ1) is 12.2. The first-order valence-electron chi connectivity index (χ1n) is 8.04. The van der Waals surface area contributed by atoms with E-state index in [9.17, 15) is 24.0 Å². The van der Waals surface area contributed by atoms with E-state index in [1.54, 1.807) is 0 Å². The van der Waals surface area contributed by atoms with Gasteiger partial charge in [-0.05, 0) is 30.2 Å². The van der Waals surface area contributed by atoms with Crippen molar-refractivity contribution in [1.29, 1.82) is 0 Å². The van der Waals surface area contributed by atoms with Gasteiger partial charge in [-0.25, -0.2) is 9.69 Å².